The molecule has 0 spiro atoms. The molecule has 1 aromatic carbocycles. The van der Waals surface area contributed by atoms with Crippen LogP contribution in [0.4, 0.5) is 14.5 Å². The summed E-state index contributed by atoms with van der Waals surface area (Å²) in [4.78, 5) is 13.5. The molecule has 1 saturated heterocycles. The number of nitrogens with one attached hydrogen (secondary N) is 1. The topological polar surface area (TPSA) is 32.3 Å². The molecule has 1 aliphatic heterocycles. The second kappa shape index (κ2) is 5.80. The Bertz CT molecular complexity index is 431. The molecule has 0 unspecified atom stereocenters. The van der Waals surface area contributed by atoms with Gasteiger partial charge in [0.15, 0.2) is 11.6 Å². The van der Waals surface area contributed by atoms with Crippen molar-refractivity contribution in [3.63, 3.8) is 0 Å². The normalized spacial score (nSPS) is 14.9. The van der Waals surface area contributed by atoms with Crippen molar-refractivity contribution in [1.82, 2.24) is 4.90 Å². The van der Waals surface area contributed by atoms with Gasteiger partial charge >= 0.3 is 0 Å². The molecule has 5 heteroatoms. The number of rotatable bonds is 4. The summed E-state index contributed by atoms with van der Waals surface area (Å²) in [6, 6.07) is 3.62. The third-order valence-corrected chi connectivity index (χ3v) is 3.05. The number of carbonyl (C=O) groups excluding carboxylic acids is 1. The monoisotopic (exact) mass is 254 g/mol. The molecule has 1 N–H and O–H groups in total. The molecular formula is C13H16F2N2O. The molecule has 98 valence electrons. The van der Waals surface area contributed by atoms with Crippen molar-refractivity contribution in [3.05, 3.63) is 29.8 Å². The molecule has 0 radical (unpaired) electrons. The minimum Gasteiger partial charge on any atom is -0.384 e. The number of anilines is 1. The van der Waals surface area contributed by atoms with Crippen LogP contribution in [0.2, 0.25) is 0 Å². The molecule has 18 heavy (non-hydrogen) atoms. The van der Waals surface area contributed by atoms with Crippen molar-refractivity contribution in [2.45, 2.75) is 19.3 Å². The molecule has 1 fully saturated rings. The first-order chi connectivity index (χ1) is 8.66. The fourth-order valence-electron chi connectivity index (χ4n) is 2.04. The fourth-order valence-corrected chi connectivity index (χ4v) is 2.04. The molecule has 0 aromatic heterocycles. The first kappa shape index (κ1) is 12.8. The molecule has 0 aliphatic carbocycles. The summed E-state index contributed by atoms with van der Waals surface area (Å²) in [7, 11) is 0. The Labute approximate surface area is 105 Å². The van der Waals surface area contributed by atoms with E-state index in [1.54, 1.807) is 0 Å². The van der Waals surface area contributed by atoms with E-state index < -0.39 is 11.6 Å². The van der Waals surface area contributed by atoms with E-state index in [1.807, 2.05) is 4.90 Å². The molecule has 0 atom stereocenters. The average Bonchev–Trinajstić information content (AvgIpc) is 2.87. The number of hydrogen-bond donors (Lipinski definition) is 1. The average molecular weight is 254 g/mol. The van der Waals surface area contributed by atoms with Gasteiger partial charge in [-0.3, -0.25) is 4.79 Å². The lowest BCUT2D eigenvalue weighted by Gasteiger charge is -2.15. The summed E-state index contributed by atoms with van der Waals surface area (Å²) in [5, 5.41) is 2.91. The molecular weight excluding hydrogens is 238 g/mol. The van der Waals surface area contributed by atoms with Crippen molar-refractivity contribution in [2.75, 3.05) is 25.0 Å². The molecule has 1 aromatic rings. The van der Waals surface area contributed by atoms with Gasteiger partial charge in [0.2, 0.25) is 5.91 Å². The van der Waals surface area contributed by atoms with Crippen LogP contribution in [0.5, 0.6) is 0 Å². The van der Waals surface area contributed by atoms with Crippen LogP contribution >= 0.6 is 0 Å². The highest BCUT2D eigenvalue weighted by Gasteiger charge is 2.16. The van der Waals surface area contributed by atoms with Crippen LogP contribution in [0.3, 0.4) is 0 Å². The highest BCUT2D eigenvalue weighted by atomic mass is 19.2. The summed E-state index contributed by atoms with van der Waals surface area (Å²) < 4.78 is 25.6. The van der Waals surface area contributed by atoms with E-state index in [0.717, 1.165) is 38.1 Å². The van der Waals surface area contributed by atoms with Gasteiger partial charge in [0.05, 0.1) is 0 Å². The van der Waals surface area contributed by atoms with Crippen LogP contribution in [0.1, 0.15) is 19.3 Å². The third kappa shape index (κ3) is 3.18. The summed E-state index contributed by atoms with van der Waals surface area (Å²) >= 11 is 0. The van der Waals surface area contributed by atoms with Gasteiger partial charge in [-0.25, -0.2) is 8.78 Å². The van der Waals surface area contributed by atoms with E-state index in [0.29, 0.717) is 18.7 Å². The van der Waals surface area contributed by atoms with Crippen molar-refractivity contribution in [1.29, 1.82) is 0 Å². The zero-order valence-corrected chi connectivity index (χ0v) is 10.1. The van der Waals surface area contributed by atoms with Crippen molar-refractivity contribution in [3.8, 4) is 0 Å². The summed E-state index contributed by atoms with van der Waals surface area (Å²) in [5.74, 6) is -1.64. The summed E-state index contributed by atoms with van der Waals surface area (Å²) in [6.45, 7) is 2.11. The standard InChI is InChI=1S/C13H16F2N2O/c14-11-4-3-10(9-12(11)15)16-6-5-13(18)17-7-1-2-8-17/h3-4,9,16H,1-2,5-8H2. The number of hydrogen-bond acceptors (Lipinski definition) is 2. The van der Waals surface area contributed by atoms with Crippen molar-refractivity contribution < 1.29 is 13.6 Å². The van der Waals surface area contributed by atoms with Gasteiger partial charge in [-0.05, 0) is 31.0 Å². The summed E-state index contributed by atoms with van der Waals surface area (Å²) in [5.41, 5.74) is 0.489. The number of benzene rings is 1. The lowest BCUT2D eigenvalue weighted by Crippen LogP contribution is -2.29. The Morgan fingerprint density at radius 1 is 1.22 bits per heavy atom. The molecule has 2 rings (SSSR count). The Balaban J connectivity index is 1.77. The van der Waals surface area contributed by atoms with E-state index >= 15 is 0 Å². The van der Waals surface area contributed by atoms with Crippen LogP contribution in [0.15, 0.2) is 18.2 Å². The maximum atomic E-state index is 12.9. The molecule has 0 bridgehead atoms. The zero-order chi connectivity index (χ0) is 13.0. The lowest BCUT2D eigenvalue weighted by molar-refractivity contribution is -0.129. The van der Waals surface area contributed by atoms with Crippen LogP contribution < -0.4 is 5.32 Å². The Morgan fingerprint density at radius 2 is 1.94 bits per heavy atom. The van der Waals surface area contributed by atoms with Gasteiger partial charge in [-0.15, -0.1) is 0 Å². The molecule has 0 saturated carbocycles. The Kier molecular flexibility index (Phi) is 4.12. The van der Waals surface area contributed by atoms with Gasteiger partial charge in [0.25, 0.3) is 0 Å². The molecule has 1 amide bonds. The van der Waals surface area contributed by atoms with Crippen LogP contribution in [-0.2, 0) is 4.79 Å². The van der Waals surface area contributed by atoms with Crippen LogP contribution in [0, 0.1) is 11.6 Å². The van der Waals surface area contributed by atoms with Gasteiger partial charge in [-0.1, -0.05) is 0 Å². The smallest absolute Gasteiger partial charge is 0.224 e. The largest absolute Gasteiger partial charge is 0.384 e. The van der Waals surface area contributed by atoms with Crippen LogP contribution in [0.25, 0.3) is 0 Å². The minimum absolute atomic E-state index is 0.114. The number of nitrogens with zero attached hydrogens (tertiary/aromatic N) is 1. The number of likely N-dealkylation sites (tertiary alicyclic amines) is 1. The van der Waals surface area contributed by atoms with E-state index in [4.69, 9.17) is 0 Å². The molecule has 3 nitrogen and oxygen atoms in total. The number of carbonyl (C=O) groups is 1. The predicted octanol–water partition coefficient (Wildman–Crippen LogP) is 2.39. The quantitative estimate of drug-likeness (QED) is 0.894. The Morgan fingerprint density at radius 3 is 2.61 bits per heavy atom. The highest BCUT2D eigenvalue weighted by Crippen LogP contribution is 2.13. The molecule has 1 aliphatic rings. The highest BCUT2D eigenvalue weighted by molar-refractivity contribution is 5.77. The van der Waals surface area contributed by atoms with Crippen LogP contribution in [-0.4, -0.2) is 30.4 Å². The predicted molar refractivity (Wildman–Crippen MR) is 65.3 cm³/mol. The second-order valence-corrected chi connectivity index (χ2v) is 4.39. The van der Waals surface area contributed by atoms with Gasteiger partial charge < -0.3 is 10.2 Å². The lowest BCUT2D eigenvalue weighted by atomic mass is 10.3. The van der Waals surface area contributed by atoms with Gasteiger partial charge in [0.1, 0.15) is 0 Å². The van der Waals surface area contributed by atoms with E-state index in [-0.39, 0.29) is 5.91 Å². The first-order valence-corrected chi connectivity index (χ1v) is 6.13. The van der Waals surface area contributed by atoms with E-state index in [2.05, 4.69) is 5.32 Å². The third-order valence-electron chi connectivity index (χ3n) is 3.05. The summed E-state index contributed by atoms with van der Waals surface area (Å²) in [6.07, 6.45) is 2.52. The molecule has 1 heterocycles. The maximum absolute atomic E-state index is 12.9. The van der Waals surface area contributed by atoms with Gasteiger partial charge in [0, 0.05) is 31.7 Å². The van der Waals surface area contributed by atoms with E-state index in [9.17, 15) is 13.6 Å². The minimum atomic E-state index is -0.883. The van der Waals surface area contributed by atoms with Gasteiger partial charge in [-0.2, -0.15) is 0 Å². The first-order valence-electron chi connectivity index (χ1n) is 6.13. The number of halogens is 2. The van der Waals surface area contributed by atoms with Crippen molar-refractivity contribution >= 4 is 11.6 Å². The van der Waals surface area contributed by atoms with E-state index in [1.165, 1.54) is 6.07 Å². The fraction of sp³-hybridized carbons (Fsp3) is 0.462. The SMILES string of the molecule is O=C(CCNc1ccc(F)c(F)c1)N1CCCC1. The second-order valence-electron chi connectivity index (χ2n) is 4.39. The zero-order valence-electron chi connectivity index (χ0n) is 10.1. The van der Waals surface area contributed by atoms with Crippen molar-refractivity contribution in [2.24, 2.45) is 0 Å². The Hall–Kier alpha value is -1.65. The number of amides is 1. The maximum Gasteiger partial charge on any atom is 0.224 e.